The molecule has 0 aliphatic heterocycles. The summed E-state index contributed by atoms with van der Waals surface area (Å²) in [5.74, 6) is 1.94. The lowest BCUT2D eigenvalue weighted by Gasteiger charge is -2.11. The van der Waals surface area contributed by atoms with Gasteiger partial charge in [0.1, 0.15) is 5.82 Å². The molecule has 0 aliphatic rings. The molecule has 0 bridgehead atoms. The Kier molecular flexibility index (Phi) is 6.32. The molecule has 144 valence electrons. The highest BCUT2D eigenvalue weighted by Crippen LogP contribution is 2.25. The minimum atomic E-state index is -0.386. The van der Waals surface area contributed by atoms with E-state index in [-0.39, 0.29) is 12.6 Å². The van der Waals surface area contributed by atoms with Gasteiger partial charge in [0.2, 0.25) is 0 Å². The minimum absolute atomic E-state index is 0.0244. The molecule has 0 fully saturated rings. The van der Waals surface area contributed by atoms with Crippen LogP contribution in [0, 0.1) is 0 Å². The molecule has 0 spiro atoms. The lowest BCUT2D eigenvalue weighted by Crippen LogP contribution is -2.19. The van der Waals surface area contributed by atoms with E-state index in [1.807, 2.05) is 0 Å². The van der Waals surface area contributed by atoms with E-state index in [9.17, 15) is 4.79 Å². The third kappa shape index (κ3) is 4.92. The number of anilines is 3. The van der Waals surface area contributed by atoms with Gasteiger partial charge in [-0.3, -0.25) is 5.32 Å². The number of aromatic nitrogens is 3. The van der Waals surface area contributed by atoms with Crippen LogP contribution in [0.15, 0.2) is 54.9 Å². The fourth-order valence-electron chi connectivity index (χ4n) is 2.38. The zero-order valence-corrected chi connectivity index (χ0v) is 15.2. The summed E-state index contributed by atoms with van der Waals surface area (Å²) in [5, 5.41) is 17.4. The number of hydrogen-bond acceptors (Lipinski definition) is 7. The Morgan fingerprint density at radius 1 is 1.11 bits per heavy atom. The van der Waals surface area contributed by atoms with Crippen LogP contribution < -0.4 is 20.7 Å². The van der Waals surface area contributed by atoms with Crippen molar-refractivity contribution in [3.05, 3.63) is 54.9 Å². The Bertz CT molecular complexity index is 919. The van der Waals surface area contributed by atoms with Gasteiger partial charge in [0.05, 0.1) is 19.9 Å². The van der Waals surface area contributed by atoms with Crippen LogP contribution in [-0.4, -0.2) is 46.4 Å². The first kappa shape index (κ1) is 19.1. The van der Waals surface area contributed by atoms with Gasteiger partial charge < -0.3 is 20.5 Å². The van der Waals surface area contributed by atoms with Crippen LogP contribution in [0.25, 0.3) is 11.4 Å². The molecule has 9 heteroatoms. The number of pyridine rings is 1. The molecule has 9 nitrogen and oxygen atoms in total. The minimum Gasteiger partial charge on any atom is -0.491 e. The maximum Gasteiger partial charge on any atom is 0.324 e. The second kappa shape index (κ2) is 9.28. The first-order chi connectivity index (χ1) is 13.7. The Labute approximate surface area is 161 Å². The van der Waals surface area contributed by atoms with Crippen LogP contribution in [-0.2, 0) is 0 Å². The number of hydrogen-bond donors (Lipinski definition) is 4. The molecule has 1 aromatic carbocycles. The quantitative estimate of drug-likeness (QED) is 0.497. The van der Waals surface area contributed by atoms with Crippen molar-refractivity contribution in [1.29, 1.82) is 0 Å². The van der Waals surface area contributed by atoms with Crippen LogP contribution >= 0.6 is 0 Å². The van der Waals surface area contributed by atoms with E-state index in [2.05, 4.69) is 30.9 Å². The summed E-state index contributed by atoms with van der Waals surface area (Å²) >= 11 is 0. The average molecular weight is 380 g/mol. The van der Waals surface area contributed by atoms with Crippen molar-refractivity contribution >= 4 is 23.4 Å². The Morgan fingerprint density at radius 2 is 1.93 bits per heavy atom. The summed E-state index contributed by atoms with van der Waals surface area (Å²) in [7, 11) is 1.53. The van der Waals surface area contributed by atoms with Crippen molar-refractivity contribution in [2.45, 2.75) is 0 Å². The highest BCUT2D eigenvalue weighted by atomic mass is 16.5. The van der Waals surface area contributed by atoms with Gasteiger partial charge in [-0.2, -0.15) is 0 Å². The molecular weight excluding hydrogens is 360 g/mol. The number of ether oxygens (including phenoxy) is 1. The second-order valence-corrected chi connectivity index (χ2v) is 5.63. The molecule has 2 aromatic heterocycles. The zero-order valence-electron chi connectivity index (χ0n) is 15.2. The van der Waals surface area contributed by atoms with E-state index < -0.39 is 0 Å². The molecule has 2 heterocycles. The number of benzene rings is 1. The smallest absolute Gasteiger partial charge is 0.324 e. The Balaban J connectivity index is 1.69. The van der Waals surface area contributed by atoms with Crippen LogP contribution in [0.3, 0.4) is 0 Å². The van der Waals surface area contributed by atoms with E-state index in [4.69, 9.17) is 9.84 Å². The molecule has 2 amide bonds. The number of aliphatic hydroxyl groups is 1. The lowest BCUT2D eigenvalue weighted by molar-refractivity contribution is 0.262. The van der Waals surface area contributed by atoms with E-state index in [0.717, 1.165) is 5.56 Å². The number of nitrogens with one attached hydrogen (secondary N) is 3. The lowest BCUT2D eigenvalue weighted by atomic mass is 10.2. The molecule has 0 aliphatic carbocycles. The van der Waals surface area contributed by atoms with Crippen molar-refractivity contribution in [3.8, 4) is 17.1 Å². The van der Waals surface area contributed by atoms with Crippen molar-refractivity contribution in [2.75, 3.05) is 36.2 Å². The molecule has 0 saturated heterocycles. The average Bonchev–Trinajstić information content (AvgIpc) is 2.73. The normalized spacial score (nSPS) is 10.2. The summed E-state index contributed by atoms with van der Waals surface area (Å²) in [6.07, 6.45) is 3.16. The predicted octanol–water partition coefficient (Wildman–Crippen LogP) is 2.60. The maximum absolute atomic E-state index is 12.0. The molecule has 28 heavy (non-hydrogen) atoms. The second-order valence-electron chi connectivity index (χ2n) is 5.63. The number of methoxy groups -OCH3 is 1. The summed E-state index contributed by atoms with van der Waals surface area (Å²) < 4.78 is 5.22. The Morgan fingerprint density at radius 3 is 2.61 bits per heavy atom. The summed E-state index contributed by atoms with van der Waals surface area (Å²) in [5.41, 5.74) is 1.38. The molecular formula is C19H20N6O3. The number of urea groups is 1. The first-order valence-corrected chi connectivity index (χ1v) is 8.55. The monoisotopic (exact) mass is 380 g/mol. The number of amides is 2. The fourth-order valence-corrected chi connectivity index (χ4v) is 2.38. The van der Waals surface area contributed by atoms with E-state index >= 15 is 0 Å². The van der Waals surface area contributed by atoms with Crippen LogP contribution in [0.4, 0.5) is 22.1 Å². The van der Waals surface area contributed by atoms with Crippen molar-refractivity contribution in [2.24, 2.45) is 0 Å². The molecule has 4 N–H and O–H groups in total. The number of rotatable bonds is 7. The molecule has 3 rings (SSSR count). The van der Waals surface area contributed by atoms with Gasteiger partial charge >= 0.3 is 6.03 Å². The standard InChI is InChI=1S/C19H20N6O3/c1-28-15-12-22-17(25-18(15)21-10-11-26)13-5-7-14(8-6-13)23-19(27)24-16-4-2-3-9-20-16/h2-9,12,26H,10-11H2,1H3,(H,21,22,25)(H2,20,23,24,27). The zero-order chi connectivity index (χ0) is 19.8. The van der Waals surface area contributed by atoms with E-state index in [1.54, 1.807) is 54.9 Å². The van der Waals surface area contributed by atoms with E-state index in [0.29, 0.717) is 35.4 Å². The third-order valence-corrected chi connectivity index (χ3v) is 3.69. The summed E-state index contributed by atoms with van der Waals surface area (Å²) in [6.45, 7) is 0.324. The summed E-state index contributed by atoms with van der Waals surface area (Å²) in [6, 6.07) is 12.0. The van der Waals surface area contributed by atoms with Crippen LogP contribution in [0.1, 0.15) is 0 Å². The van der Waals surface area contributed by atoms with Crippen molar-refractivity contribution in [1.82, 2.24) is 15.0 Å². The third-order valence-electron chi connectivity index (χ3n) is 3.69. The molecule has 0 radical (unpaired) electrons. The first-order valence-electron chi connectivity index (χ1n) is 8.55. The number of carbonyl (C=O) groups excluding carboxylic acids is 1. The summed E-state index contributed by atoms with van der Waals surface area (Å²) in [4.78, 5) is 24.8. The molecule has 0 saturated carbocycles. The van der Waals surface area contributed by atoms with Crippen LogP contribution in [0.5, 0.6) is 5.75 Å². The van der Waals surface area contributed by atoms with Gasteiger partial charge in [-0.05, 0) is 36.4 Å². The molecule has 0 atom stereocenters. The van der Waals surface area contributed by atoms with Crippen molar-refractivity contribution < 1.29 is 14.6 Å². The topological polar surface area (TPSA) is 121 Å². The maximum atomic E-state index is 12.0. The van der Waals surface area contributed by atoms with Gasteiger partial charge in [0.15, 0.2) is 17.4 Å². The SMILES string of the molecule is COc1cnc(-c2ccc(NC(=O)Nc3ccccn3)cc2)nc1NCCO. The predicted molar refractivity (Wildman–Crippen MR) is 106 cm³/mol. The fraction of sp³-hybridized carbons (Fsp3) is 0.158. The molecule has 0 unspecified atom stereocenters. The number of aliphatic hydroxyl groups excluding tert-OH is 1. The number of carbonyl (C=O) groups is 1. The Hall–Kier alpha value is -3.72. The van der Waals surface area contributed by atoms with Gasteiger partial charge in [0, 0.05) is 24.0 Å². The van der Waals surface area contributed by atoms with E-state index in [1.165, 1.54) is 7.11 Å². The van der Waals surface area contributed by atoms with Gasteiger partial charge in [-0.1, -0.05) is 6.07 Å². The van der Waals surface area contributed by atoms with Gasteiger partial charge in [0.25, 0.3) is 0 Å². The highest BCUT2D eigenvalue weighted by molar-refractivity contribution is 5.99. The largest absolute Gasteiger partial charge is 0.491 e. The molecule has 3 aromatic rings. The van der Waals surface area contributed by atoms with Gasteiger partial charge in [-0.25, -0.2) is 19.7 Å². The van der Waals surface area contributed by atoms with Gasteiger partial charge in [-0.15, -0.1) is 0 Å². The number of nitrogens with zero attached hydrogens (tertiary/aromatic N) is 3. The van der Waals surface area contributed by atoms with Crippen LogP contribution in [0.2, 0.25) is 0 Å². The van der Waals surface area contributed by atoms with Crippen molar-refractivity contribution in [3.63, 3.8) is 0 Å². The highest BCUT2D eigenvalue weighted by Gasteiger charge is 2.10.